The van der Waals surface area contributed by atoms with Gasteiger partial charge in [0, 0.05) is 25.7 Å². The van der Waals surface area contributed by atoms with Crippen molar-refractivity contribution in [2.75, 3.05) is 39.6 Å². The minimum absolute atomic E-state index is 0.0844. The molecule has 0 aliphatic carbocycles. The van der Waals surface area contributed by atoms with Crippen molar-refractivity contribution in [3.8, 4) is 0 Å². The van der Waals surface area contributed by atoms with Crippen LogP contribution in [0.15, 0.2) is 24.3 Å². The SMILES string of the molecule is CCCCCC/C=C\C=C/CCCCCCCC(=O)O[C@H](COC(=O)CCCCCCCCC(C)C)COP(=O)(O)OC[C@H](O)COP(=O)(O)OC[C@@H](COC(=O)CCCCCCCCCCCCCCCCCCC)OC(=O)CCCCCCCCCCCCCCCCCCCCCC. The maximum Gasteiger partial charge on any atom is 0.472 e. The Kier molecular flexibility index (Phi) is 72.6. The number of aliphatic hydroxyl groups excluding tert-OH is 1. The Labute approximate surface area is 618 Å². The second-order valence-corrected chi connectivity index (χ2v) is 32.2. The first-order valence-electron chi connectivity index (χ1n) is 42.0. The number of rotatable bonds is 80. The van der Waals surface area contributed by atoms with Gasteiger partial charge in [-0.2, -0.15) is 0 Å². The van der Waals surface area contributed by atoms with Crippen molar-refractivity contribution in [2.45, 2.75) is 432 Å². The van der Waals surface area contributed by atoms with Crippen molar-refractivity contribution in [3.63, 3.8) is 0 Å². The van der Waals surface area contributed by atoms with Crippen LogP contribution < -0.4 is 0 Å². The smallest absolute Gasteiger partial charge is 0.462 e. The molecule has 0 saturated heterocycles. The summed E-state index contributed by atoms with van der Waals surface area (Å²) in [5, 5.41) is 10.6. The average Bonchev–Trinajstić information content (AvgIpc) is 0.933. The zero-order chi connectivity index (χ0) is 74.1. The zero-order valence-electron chi connectivity index (χ0n) is 65.5. The number of ether oxygens (including phenoxy) is 4. The second-order valence-electron chi connectivity index (χ2n) is 29.3. The Bertz CT molecular complexity index is 2020. The van der Waals surface area contributed by atoms with Crippen LogP contribution in [0.5, 0.6) is 0 Å². The van der Waals surface area contributed by atoms with Gasteiger partial charge >= 0.3 is 39.5 Å². The van der Waals surface area contributed by atoms with Gasteiger partial charge in [-0.05, 0) is 57.3 Å². The molecule has 0 rings (SSSR count). The van der Waals surface area contributed by atoms with Gasteiger partial charge in [0.1, 0.15) is 19.3 Å². The van der Waals surface area contributed by atoms with Gasteiger partial charge < -0.3 is 33.8 Å². The van der Waals surface area contributed by atoms with E-state index in [1.807, 2.05) is 0 Å². The van der Waals surface area contributed by atoms with E-state index in [2.05, 4.69) is 58.9 Å². The van der Waals surface area contributed by atoms with Gasteiger partial charge in [-0.1, -0.05) is 361 Å². The predicted octanol–water partition coefficient (Wildman–Crippen LogP) is 24.4. The largest absolute Gasteiger partial charge is 0.472 e. The van der Waals surface area contributed by atoms with E-state index in [1.54, 1.807) is 0 Å². The van der Waals surface area contributed by atoms with Crippen LogP contribution in [-0.4, -0.2) is 96.7 Å². The van der Waals surface area contributed by atoms with Gasteiger partial charge in [-0.3, -0.25) is 37.3 Å². The third kappa shape index (κ3) is 75.6. The minimum atomic E-state index is -4.97. The highest BCUT2D eigenvalue weighted by atomic mass is 31.2. The molecular formula is C82H156O17P2. The highest BCUT2D eigenvalue weighted by Crippen LogP contribution is 2.45. The summed E-state index contributed by atoms with van der Waals surface area (Å²) in [6, 6.07) is 0. The Balaban J connectivity index is 5.25. The molecule has 17 nitrogen and oxygen atoms in total. The van der Waals surface area contributed by atoms with Gasteiger partial charge in [-0.25, -0.2) is 9.13 Å². The number of allylic oxidation sites excluding steroid dienone is 4. The van der Waals surface area contributed by atoms with Crippen LogP contribution in [-0.2, 0) is 65.4 Å². The van der Waals surface area contributed by atoms with E-state index < -0.39 is 97.5 Å². The van der Waals surface area contributed by atoms with E-state index in [0.29, 0.717) is 31.6 Å². The molecule has 2 unspecified atom stereocenters. The summed E-state index contributed by atoms with van der Waals surface area (Å²) in [6.07, 6.45) is 69.1. The lowest BCUT2D eigenvalue weighted by Crippen LogP contribution is -2.30. The number of unbranched alkanes of at least 4 members (excludes halogenated alkanes) is 49. The molecule has 0 aromatic carbocycles. The predicted molar refractivity (Wildman–Crippen MR) is 414 cm³/mol. The number of aliphatic hydroxyl groups is 1. The third-order valence-electron chi connectivity index (χ3n) is 18.7. The van der Waals surface area contributed by atoms with Crippen molar-refractivity contribution in [1.82, 2.24) is 0 Å². The van der Waals surface area contributed by atoms with Crippen molar-refractivity contribution >= 4 is 39.5 Å². The summed E-state index contributed by atoms with van der Waals surface area (Å²) < 4.78 is 68.7. The molecule has 0 aliphatic heterocycles. The molecule has 0 aliphatic rings. The Morgan fingerprint density at radius 2 is 0.535 bits per heavy atom. The number of hydrogen-bond donors (Lipinski definition) is 3. The molecule has 0 spiro atoms. The van der Waals surface area contributed by atoms with Crippen LogP contribution >= 0.6 is 15.6 Å². The molecule has 0 aromatic rings. The molecule has 0 aromatic heterocycles. The number of esters is 4. The first-order valence-corrected chi connectivity index (χ1v) is 44.9. The summed E-state index contributed by atoms with van der Waals surface area (Å²) in [7, 11) is -9.93. The van der Waals surface area contributed by atoms with Crippen LogP contribution in [0.25, 0.3) is 0 Å². The number of hydrogen-bond acceptors (Lipinski definition) is 15. The van der Waals surface area contributed by atoms with E-state index in [9.17, 15) is 43.2 Å². The monoisotopic (exact) mass is 1480 g/mol. The zero-order valence-corrected chi connectivity index (χ0v) is 67.3. The summed E-state index contributed by atoms with van der Waals surface area (Å²) >= 11 is 0. The van der Waals surface area contributed by atoms with Gasteiger partial charge in [-0.15, -0.1) is 0 Å². The Hall–Kier alpha value is -2.46. The fraction of sp³-hybridized carbons (Fsp3) is 0.902. The molecule has 5 atom stereocenters. The molecule has 3 N–H and O–H groups in total. The molecule has 19 heteroatoms. The molecule has 0 fully saturated rings. The lowest BCUT2D eigenvalue weighted by Gasteiger charge is -2.21. The molecular weight excluding hydrogens is 1320 g/mol. The van der Waals surface area contributed by atoms with E-state index >= 15 is 0 Å². The van der Waals surface area contributed by atoms with Crippen molar-refractivity contribution in [1.29, 1.82) is 0 Å². The number of phosphoric acid groups is 2. The van der Waals surface area contributed by atoms with Crippen molar-refractivity contribution < 1.29 is 80.2 Å². The molecule has 0 amide bonds. The van der Waals surface area contributed by atoms with Gasteiger partial charge in [0.05, 0.1) is 26.4 Å². The van der Waals surface area contributed by atoms with Gasteiger partial charge in [0.25, 0.3) is 0 Å². The maximum atomic E-state index is 13.1. The topological polar surface area (TPSA) is 237 Å². The molecule has 0 radical (unpaired) electrons. The van der Waals surface area contributed by atoms with Crippen molar-refractivity contribution in [3.05, 3.63) is 24.3 Å². The van der Waals surface area contributed by atoms with Crippen LogP contribution in [0.1, 0.15) is 413 Å². The first-order chi connectivity index (χ1) is 49.0. The number of carbonyl (C=O) groups is 4. The minimum Gasteiger partial charge on any atom is -0.462 e. The molecule has 101 heavy (non-hydrogen) atoms. The third-order valence-corrected chi connectivity index (χ3v) is 20.6. The Morgan fingerprint density at radius 3 is 0.812 bits per heavy atom. The fourth-order valence-electron chi connectivity index (χ4n) is 12.2. The van der Waals surface area contributed by atoms with E-state index in [0.717, 1.165) is 109 Å². The van der Waals surface area contributed by atoms with Gasteiger partial charge in [0.2, 0.25) is 0 Å². The average molecular weight is 1480 g/mol. The van der Waals surface area contributed by atoms with E-state index in [1.165, 1.54) is 218 Å². The summed E-state index contributed by atoms with van der Waals surface area (Å²) in [4.78, 5) is 73.0. The highest BCUT2D eigenvalue weighted by molar-refractivity contribution is 7.47. The van der Waals surface area contributed by atoms with E-state index in [-0.39, 0.29) is 25.7 Å². The van der Waals surface area contributed by atoms with Crippen LogP contribution in [0.3, 0.4) is 0 Å². The first kappa shape index (κ1) is 98.5. The quantitative estimate of drug-likeness (QED) is 0.0169. The van der Waals surface area contributed by atoms with Crippen LogP contribution in [0.4, 0.5) is 0 Å². The maximum absolute atomic E-state index is 13.1. The Morgan fingerprint density at radius 1 is 0.307 bits per heavy atom. The normalized spacial score (nSPS) is 14.0. The molecule has 0 heterocycles. The van der Waals surface area contributed by atoms with Crippen LogP contribution in [0.2, 0.25) is 0 Å². The van der Waals surface area contributed by atoms with Crippen LogP contribution in [0, 0.1) is 5.92 Å². The molecule has 596 valence electrons. The second kappa shape index (κ2) is 74.4. The van der Waals surface area contributed by atoms with Crippen molar-refractivity contribution in [2.24, 2.45) is 5.92 Å². The standard InChI is InChI=1S/C82H156O17P2/c1-6-9-12-15-18-21-24-27-30-32-33-34-36-39-42-45-48-51-58-63-67-81(86)98-77(71-92-79(84)65-60-55-49-46-43-40-38-35-31-28-25-22-19-16-13-10-7-2)73-96-100(88,89)94-69-76(83)70-95-101(90,91)97-74-78(72-93-80(85)66-61-56-53-52-54-59-64-75(4)5)99-82(87)68-62-57-50-47-44-41-37-29-26-23-20-17-14-11-8-3/h23,26,29,37,75-78,83H,6-22,24-25,27-28,30-36,38-74H2,1-5H3,(H,88,89)(H,90,91)/b26-23-,37-29-/t76-,77-,78-/m1/s1. The lowest BCUT2D eigenvalue weighted by atomic mass is 10.0. The highest BCUT2D eigenvalue weighted by Gasteiger charge is 2.30. The summed E-state index contributed by atoms with van der Waals surface area (Å²) in [5.74, 6) is -1.46. The van der Waals surface area contributed by atoms with Gasteiger partial charge in [0.15, 0.2) is 12.2 Å². The molecule has 0 bridgehead atoms. The summed E-state index contributed by atoms with van der Waals surface area (Å²) in [5.41, 5.74) is 0. The lowest BCUT2D eigenvalue weighted by molar-refractivity contribution is -0.161. The van der Waals surface area contributed by atoms with E-state index in [4.69, 9.17) is 37.0 Å². The molecule has 0 saturated carbocycles. The number of phosphoric ester groups is 2. The fourth-order valence-corrected chi connectivity index (χ4v) is 13.8. The number of carbonyl (C=O) groups excluding carboxylic acids is 4. The summed E-state index contributed by atoms with van der Waals surface area (Å²) in [6.45, 7) is 7.18.